The molecule has 242 valence electrons. The van der Waals surface area contributed by atoms with E-state index in [1.54, 1.807) is 12.1 Å². The van der Waals surface area contributed by atoms with Gasteiger partial charge in [-0.3, -0.25) is 13.8 Å². The van der Waals surface area contributed by atoms with Crippen molar-refractivity contribution in [3.05, 3.63) is 29.8 Å². The lowest BCUT2D eigenvalue weighted by atomic mass is 9.49. The van der Waals surface area contributed by atoms with Crippen LogP contribution in [0.1, 0.15) is 103 Å². The highest BCUT2D eigenvalue weighted by atomic mass is 32.2. The van der Waals surface area contributed by atoms with Crippen molar-refractivity contribution in [3.63, 3.8) is 0 Å². The Hall–Kier alpha value is -1.93. The quantitative estimate of drug-likeness (QED) is 0.157. The Morgan fingerprint density at radius 3 is 1.55 bits per heavy atom. The fraction of sp³-hybridized carbons (Fsp3) is 0.778. The Kier molecular flexibility index (Phi) is 7.55. The van der Waals surface area contributed by atoms with E-state index in [1.165, 1.54) is 57.6 Å². The van der Waals surface area contributed by atoms with Crippen molar-refractivity contribution in [2.24, 2.45) is 52.8 Å². The number of ether oxygens (including phenoxy) is 2. The first-order valence-electron chi connectivity index (χ1n) is 17.3. The van der Waals surface area contributed by atoms with Crippen LogP contribution < -0.4 is 0 Å². The molecule has 1 aromatic rings. The van der Waals surface area contributed by atoms with Crippen LogP contribution in [-0.2, 0) is 33.4 Å². The van der Waals surface area contributed by atoms with E-state index in [2.05, 4.69) is 13.8 Å². The van der Waals surface area contributed by atoms with Crippen LogP contribution in [0.5, 0.6) is 0 Å². The molecule has 8 heteroatoms. The molecular formula is C36H50O7S. The summed E-state index contributed by atoms with van der Waals surface area (Å²) in [6.07, 6.45) is 12.3. The van der Waals surface area contributed by atoms with Crippen LogP contribution in [-0.4, -0.2) is 38.2 Å². The summed E-state index contributed by atoms with van der Waals surface area (Å²) in [5.41, 5.74) is -2.21. The van der Waals surface area contributed by atoms with E-state index in [0.29, 0.717) is 35.5 Å². The van der Waals surface area contributed by atoms with Gasteiger partial charge in [0.05, 0.1) is 11.5 Å². The Balaban J connectivity index is 1.19. The lowest BCUT2D eigenvalue weighted by Crippen LogP contribution is -2.62. The normalized spacial score (nSPS) is 41.4. The first-order chi connectivity index (χ1) is 20.9. The average molecular weight is 627 g/mol. The highest BCUT2D eigenvalue weighted by molar-refractivity contribution is 7.86. The van der Waals surface area contributed by atoms with Gasteiger partial charge in [0, 0.05) is 11.8 Å². The van der Waals surface area contributed by atoms with Crippen LogP contribution in [0.3, 0.4) is 0 Å². The van der Waals surface area contributed by atoms with Gasteiger partial charge in [0.2, 0.25) is 0 Å². The third-order valence-electron chi connectivity index (χ3n) is 13.1. The van der Waals surface area contributed by atoms with Crippen LogP contribution in [0.25, 0.3) is 0 Å². The monoisotopic (exact) mass is 626 g/mol. The smallest absolute Gasteiger partial charge is 0.326 e. The zero-order chi connectivity index (χ0) is 31.1. The van der Waals surface area contributed by atoms with Gasteiger partial charge >= 0.3 is 11.9 Å². The zero-order valence-corrected chi connectivity index (χ0v) is 27.7. The van der Waals surface area contributed by atoms with Crippen molar-refractivity contribution >= 4 is 22.1 Å². The van der Waals surface area contributed by atoms with E-state index in [1.807, 2.05) is 6.92 Å². The molecule has 0 amide bonds. The maximum absolute atomic E-state index is 14.5. The van der Waals surface area contributed by atoms with Gasteiger partial charge in [0.1, 0.15) is 11.2 Å². The first kappa shape index (κ1) is 30.7. The molecule has 8 aliphatic rings. The molecule has 0 radical (unpaired) electrons. The molecule has 6 unspecified atom stereocenters. The molecule has 8 fully saturated rings. The van der Waals surface area contributed by atoms with Crippen LogP contribution in [0, 0.1) is 59.7 Å². The summed E-state index contributed by atoms with van der Waals surface area (Å²) in [7, 11) is -4.23. The fourth-order valence-electron chi connectivity index (χ4n) is 11.6. The van der Waals surface area contributed by atoms with Gasteiger partial charge in [-0.1, -0.05) is 31.5 Å². The minimum Gasteiger partial charge on any atom is -0.458 e. The minimum atomic E-state index is -4.23. The Labute approximate surface area is 263 Å². The molecule has 8 saturated carbocycles. The highest BCUT2D eigenvalue weighted by Gasteiger charge is 2.63. The number of esters is 2. The van der Waals surface area contributed by atoms with Crippen molar-refractivity contribution in [1.29, 1.82) is 0 Å². The molecule has 0 aromatic heterocycles. The van der Waals surface area contributed by atoms with Crippen molar-refractivity contribution < 1.29 is 31.7 Å². The van der Waals surface area contributed by atoms with Crippen molar-refractivity contribution in [2.45, 2.75) is 121 Å². The molecular weight excluding hydrogens is 576 g/mol. The fourth-order valence-corrected chi connectivity index (χ4v) is 12.6. The summed E-state index contributed by atoms with van der Waals surface area (Å²) in [5.74, 6) is 2.34. The molecule has 8 aliphatic carbocycles. The molecule has 0 aliphatic heterocycles. The van der Waals surface area contributed by atoms with E-state index < -0.39 is 45.3 Å². The molecule has 8 bridgehead atoms. The largest absolute Gasteiger partial charge is 0.458 e. The molecule has 0 N–H and O–H groups in total. The molecule has 44 heavy (non-hydrogen) atoms. The minimum absolute atomic E-state index is 0.00792. The first-order valence-corrected chi connectivity index (χ1v) is 18.7. The Morgan fingerprint density at radius 1 is 0.750 bits per heavy atom. The third-order valence-corrected chi connectivity index (χ3v) is 14.4. The molecule has 7 nitrogen and oxygen atoms in total. The molecule has 1 aromatic carbocycles. The second-order valence-electron chi connectivity index (χ2n) is 16.0. The number of carbonyl (C=O) groups is 2. The summed E-state index contributed by atoms with van der Waals surface area (Å²) in [5, 5.41) is 0. The van der Waals surface area contributed by atoms with Gasteiger partial charge in [0.15, 0.2) is 5.41 Å². The second kappa shape index (κ2) is 10.8. The third kappa shape index (κ3) is 4.96. The number of carbonyl (C=O) groups excluding carboxylic acids is 2. The van der Waals surface area contributed by atoms with Crippen molar-refractivity contribution in [2.75, 3.05) is 6.61 Å². The standard InChI is InChI=1S/C36H50O7S/c1-5-30-27-13-23-11-24(14-27)18-35(30,17-23)42-32(37)34(4,21-41-44(39,40)29-9-7-22(3)8-10-29)33(38)43-36-19-25-12-26(20-36)16-28(15-25)31(36)6-2/h7-10,23-28,30-31H,5-6,11-21H2,1-4H3. The zero-order valence-electron chi connectivity index (χ0n) is 26.9. The van der Waals surface area contributed by atoms with Gasteiger partial charge in [-0.15, -0.1) is 0 Å². The summed E-state index contributed by atoms with van der Waals surface area (Å²) in [6.45, 7) is 7.07. The number of hydrogen-bond donors (Lipinski definition) is 0. The van der Waals surface area contributed by atoms with Gasteiger partial charge in [-0.25, -0.2) is 0 Å². The van der Waals surface area contributed by atoms with E-state index in [-0.39, 0.29) is 16.7 Å². The average Bonchev–Trinajstić information content (AvgIpc) is 2.95. The van der Waals surface area contributed by atoms with Gasteiger partial charge in [-0.05, 0) is 139 Å². The summed E-state index contributed by atoms with van der Waals surface area (Å²) >= 11 is 0. The van der Waals surface area contributed by atoms with E-state index in [9.17, 15) is 18.0 Å². The molecule has 6 atom stereocenters. The molecule has 9 rings (SSSR count). The second-order valence-corrected chi connectivity index (χ2v) is 17.6. The Morgan fingerprint density at radius 2 is 1.16 bits per heavy atom. The van der Waals surface area contributed by atoms with E-state index in [4.69, 9.17) is 13.7 Å². The SMILES string of the molecule is CCC1C2CC3CC(C2)CC1(OC(=O)C(C)(COS(=O)(=O)c1ccc(C)cc1)C(=O)OC12CC4CC(CC(C4)C1CC)C2)C3. The van der Waals surface area contributed by atoms with Gasteiger partial charge < -0.3 is 9.47 Å². The van der Waals surface area contributed by atoms with E-state index in [0.717, 1.165) is 44.1 Å². The van der Waals surface area contributed by atoms with Crippen molar-refractivity contribution in [3.8, 4) is 0 Å². The molecule has 0 spiro atoms. The van der Waals surface area contributed by atoms with Crippen LogP contribution >= 0.6 is 0 Å². The maximum Gasteiger partial charge on any atom is 0.326 e. The summed E-state index contributed by atoms with van der Waals surface area (Å²) < 4.78 is 45.4. The van der Waals surface area contributed by atoms with E-state index >= 15 is 0 Å². The highest BCUT2D eigenvalue weighted by Crippen LogP contribution is 2.63. The van der Waals surface area contributed by atoms with Crippen LogP contribution in [0.4, 0.5) is 0 Å². The number of rotatable bonds is 10. The maximum atomic E-state index is 14.5. The lowest BCUT2D eigenvalue weighted by Gasteiger charge is -2.61. The van der Waals surface area contributed by atoms with Crippen molar-refractivity contribution in [1.82, 2.24) is 0 Å². The van der Waals surface area contributed by atoms with Gasteiger partial charge in [-0.2, -0.15) is 8.42 Å². The summed E-state index contributed by atoms with van der Waals surface area (Å²) in [4.78, 5) is 29.0. The van der Waals surface area contributed by atoms with Crippen LogP contribution in [0.15, 0.2) is 29.2 Å². The number of aryl methyl sites for hydroxylation is 1. The Bertz CT molecular complexity index is 1310. The summed E-state index contributed by atoms with van der Waals surface area (Å²) in [6, 6.07) is 6.38. The predicted octanol–water partition coefficient (Wildman–Crippen LogP) is 7.00. The lowest BCUT2D eigenvalue weighted by molar-refractivity contribution is -0.231. The topological polar surface area (TPSA) is 96.0 Å². The number of benzene rings is 1. The van der Waals surface area contributed by atoms with Crippen LogP contribution in [0.2, 0.25) is 0 Å². The number of hydrogen-bond acceptors (Lipinski definition) is 7. The molecule has 0 saturated heterocycles. The van der Waals surface area contributed by atoms with Gasteiger partial charge in [0.25, 0.3) is 10.1 Å². The molecule has 0 heterocycles. The predicted molar refractivity (Wildman–Crippen MR) is 165 cm³/mol.